The van der Waals surface area contributed by atoms with Crippen molar-refractivity contribution in [1.82, 2.24) is 5.43 Å². The molecule has 0 bridgehead atoms. The average molecular weight is 290 g/mol. The van der Waals surface area contributed by atoms with Crippen LogP contribution in [0, 0.1) is 0 Å². The van der Waals surface area contributed by atoms with E-state index in [2.05, 4.69) is 10.2 Å². The van der Waals surface area contributed by atoms with Crippen LogP contribution in [0.5, 0.6) is 0 Å². The molecule has 110 valence electrons. The van der Waals surface area contributed by atoms with Crippen molar-refractivity contribution in [2.24, 2.45) is 0 Å². The van der Waals surface area contributed by atoms with E-state index >= 15 is 0 Å². The van der Waals surface area contributed by atoms with Crippen molar-refractivity contribution in [1.29, 1.82) is 0 Å². The number of hydrogen-bond donors (Lipinski definition) is 2. The third-order valence-electron chi connectivity index (χ3n) is 2.20. The van der Waals surface area contributed by atoms with E-state index in [0.717, 1.165) is 0 Å². The molecule has 20 heavy (non-hydrogen) atoms. The van der Waals surface area contributed by atoms with Crippen LogP contribution in [0.4, 0.5) is 18.9 Å². The topological polar surface area (TPSA) is 67.4 Å². The predicted octanol–water partition coefficient (Wildman–Crippen LogP) is 1.67. The monoisotopic (exact) mass is 290 g/mol. The number of Topliss-reactive ketones (excluding diaryl/α,β-unsaturated/α-hetero) is 1. The fourth-order valence-corrected chi connectivity index (χ4v) is 1.30. The Bertz CT molecular complexity index is 463. The SMILES string of the molecule is CCOC(=O)[C@H](NNc1ccccc1)C(=O)C(F)(F)F. The molecule has 2 N–H and O–H groups in total. The van der Waals surface area contributed by atoms with E-state index < -0.39 is 24.0 Å². The maximum absolute atomic E-state index is 12.4. The van der Waals surface area contributed by atoms with Gasteiger partial charge < -0.3 is 10.2 Å². The van der Waals surface area contributed by atoms with Crippen LogP contribution in [0.3, 0.4) is 0 Å². The number of anilines is 1. The number of nitrogens with one attached hydrogen (secondary N) is 2. The van der Waals surface area contributed by atoms with Gasteiger partial charge in [-0.25, -0.2) is 10.2 Å². The molecule has 0 unspecified atom stereocenters. The minimum absolute atomic E-state index is 0.131. The highest BCUT2D eigenvalue weighted by molar-refractivity contribution is 6.05. The summed E-state index contributed by atoms with van der Waals surface area (Å²) in [6.45, 7) is 1.30. The second-order valence-electron chi connectivity index (χ2n) is 3.68. The molecule has 0 aliphatic carbocycles. The quantitative estimate of drug-likeness (QED) is 0.474. The van der Waals surface area contributed by atoms with Gasteiger partial charge in [-0.3, -0.25) is 4.79 Å². The van der Waals surface area contributed by atoms with Gasteiger partial charge in [-0.1, -0.05) is 18.2 Å². The predicted molar refractivity (Wildman–Crippen MR) is 64.7 cm³/mol. The van der Waals surface area contributed by atoms with Gasteiger partial charge in [-0.05, 0) is 19.1 Å². The van der Waals surface area contributed by atoms with Gasteiger partial charge in [0.15, 0.2) is 6.04 Å². The third-order valence-corrected chi connectivity index (χ3v) is 2.20. The Morgan fingerprint density at radius 3 is 2.35 bits per heavy atom. The summed E-state index contributed by atoms with van der Waals surface area (Å²) in [6.07, 6.45) is -5.14. The molecule has 0 aliphatic rings. The van der Waals surface area contributed by atoms with E-state index in [1.165, 1.54) is 6.92 Å². The van der Waals surface area contributed by atoms with Crippen molar-refractivity contribution in [2.45, 2.75) is 19.1 Å². The second-order valence-corrected chi connectivity index (χ2v) is 3.68. The number of hydrazine groups is 1. The van der Waals surface area contributed by atoms with Crippen LogP contribution in [-0.2, 0) is 14.3 Å². The molecule has 5 nitrogen and oxygen atoms in total. The molecule has 1 aromatic rings. The fourth-order valence-electron chi connectivity index (χ4n) is 1.30. The normalized spacial score (nSPS) is 12.6. The Morgan fingerprint density at radius 2 is 1.85 bits per heavy atom. The summed E-state index contributed by atoms with van der Waals surface area (Å²) in [5.74, 6) is -3.52. The summed E-state index contributed by atoms with van der Waals surface area (Å²) in [5.41, 5.74) is 4.80. The van der Waals surface area contributed by atoms with Crippen LogP contribution in [0.15, 0.2) is 30.3 Å². The zero-order valence-corrected chi connectivity index (χ0v) is 10.5. The molecule has 0 aliphatic heterocycles. The van der Waals surface area contributed by atoms with Gasteiger partial charge in [0.1, 0.15) is 0 Å². The summed E-state index contributed by atoms with van der Waals surface area (Å²) in [6, 6.07) is 5.91. The van der Waals surface area contributed by atoms with Crippen LogP contribution in [0.1, 0.15) is 6.92 Å². The molecule has 0 saturated carbocycles. The Kier molecular flexibility index (Phi) is 5.51. The maximum atomic E-state index is 12.4. The summed E-state index contributed by atoms with van der Waals surface area (Å²) in [4.78, 5) is 22.6. The molecular formula is C12H13F3N2O3. The number of carbonyl (C=O) groups is 2. The van der Waals surface area contributed by atoms with Gasteiger partial charge in [0, 0.05) is 5.69 Å². The van der Waals surface area contributed by atoms with E-state index in [1.54, 1.807) is 30.3 Å². The van der Waals surface area contributed by atoms with Crippen LogP contribution in [0.25, 0.3) is 0 Å². The lowest BCUT2D eigenvalue weighted by molar-refractivity contribution is -0.177. The van der Waals surface area contributed by atoms with Crippen molar-refractivity contribution in [3.8, 4) is 0 Å². The highest BCUT2D eigenvalue weighted by Crippen LogP contribution is 2.18. The van der Waals surface area contributed by atoms with E-state index in [-0.39, 0.29) is 6.61 Å². The summed E-state index contributed by atoms with van der Waals surface area (Å²) < 4.78 is 41.6. The minimum atomic E-state index is -5.14. The maximum Gasteiger partial charge on any atom is 0.452 e. The standard InChI is InChI=1S/C12H13F3N2O3/c1-2-20-11(19)9(10(18)12(13,14)15)17-16-8-6-4-3-5-7-8/h3-7,9,16-17H,2H2,1H3/t9-/m1/s1. The zero-order valence-electron chi connectivity index (χ0n) is 10.5. The highest BCUT2D eigenvalue weighted by atomic mass is 19.4. The first-order valence-corrected chi connectivity index (χ1v) is 5.70. The van der Waals surface area contributed by atoms with Gasteiger partial charge in [-0.2, -0.15) is 13.2 Å². The minimum Gasteiger partial charge on any atom is -0.464 e. The largest absolute Gasteiger partial charge is 0.464 e. The zero-order chi connectivity index (χ0) is 15.2. The third kappa shape index (κ3) is 4.54. The number of carbonyl (C=O) groups excluding carboxylic acids is 2. The van der Waals surface area contributed by atoms with E-state index in [0.29, 0.717) is 5.69 Å². The molecule has 0 amide bonds. The van der Waals surface area contributed by atoms with Gasteiger partial charge in [0.05, 0.1) is 6.61 Å². The second kappa shape index (κ2) is 6.90. The number of rotatable bonds is 6. The first-order valence-electron chi connectivity index (χ1n) is 5.70. The number of esters is 1. The highest BCUT2D eigenvalue weighted by Gasteiger charge is 2.47. The first kappa shape index (κ1) is 16.0. The number of alkyl halides is 3. The molecule has 0 fully saturated rings. The first-order chi connectivity index (χ1) is 9.36. The summed E-state index contributed by atoms with van der Waals surface area (Å²) in [5, 5.41) is 0. The molecular weight excluding hydrogens is 277 g/mol. The van der Waals surface area contributed by atoms with Crippen molar-refractivity contribution < 1.29 is 27.5 Å². The molecule has 0 radical (unpaired) electrons. The lowest BCUT2D eigenvalue weighted by Gasteiger charge is -2.18. The van der Waals surface area contributed by atoms with Crippen molar-refractivity contribution >= 4 is 17.4 Å². The number of halogens is 3. The van der Waals surface area contributed by atoms with Gasteiger partial charge in [-0.15, -0.1) is 0 Å². The smallest absolute Gasteiger partial charge is 0.452 e. The lowest BCUT2D eigenvalue weighted by Crippen LogP contribution is -2.52. The van der Waals surface area contributed by atoms with Crippen molar-refractivity contribution in [3.05, 3.63) is 30.3 Å². The molecule has 1 aromatic carbocycles. The molecule has 8 heteroatoms. The molecule has 0 saturated heterocycles. The van der Waals surface area contributed by atoms with E-state index in [1.807, 2.05) is 5.43 Å². The van der Waals surface area contributed by atoms with E-state index in [9.17, 15) is 22.8 Å². The Balaban J connectivity index is 2.78. The Hall–Kier alpha value is -2.09. The van der Waals surface area contributed by atoms with Gasteiger partial charge in [0.2, 0.25) is 0 Å². The van der Waals surface area contributed by atoms with Gasteiger partial charge >= 0.3 is 12.1 Å². The number of ketones is 1. The molecule has 1 atom stereocenters. The average Bonchev–Trinajstić information content (AvgIpc) is 2.39. The summed E-state index contributed by atoms with van der Waals surface area (Å²) in [7, 11) is 0. The lowest BCUT2D eigenvalue weighted by atomic mass is 10.2. The number of para-hydroxylation sites is 1. The Labute approximate surface area is 113 Å². The summed E-state index contributed by atoms with van der Waals surface area (Å²) >= 11 is 0. The number of ether oxygens (including phenoxy) is 1. The van der Waals surface area contributed by atoms with Crippen molar-refractivity contribution in [3.63, 3.8) is 0 Å². The van der Waals surface area contributed by atoms with Crippen LogP contribution < -0.4 is 10.9 Å². The molecule has 0 spiro atoms. The molecule has 0 heterocycles. The molecule has 1 rings (SSSR count). The van der Waals surface area contributed by atoms with Crippen LogP contribution >= 0.6 is 0 Å². The van der Waals surface area contributed by atoms with Crippen molar-refractivity contribution in [2.75, 3.05) is 12.0 Å². The van der Waals surface area contributed by atoms with Crippen LogP contribution in [-0.4, -0.2) is 30.6 Å². The Morgan fingerprint density at radius 1 is 1.25 bits per heavy atom. The molecule has 0 aromatic heterocycles. The van der Waals surface area contributed by atoms with Crippen LogP contribution in [0.2, 0.25) is 0 Å². The number of hydrogen-bond acceptors (Lipinski definition) is 5. The van der Waals surface area contributed by atoms with Gasteiger partial charge in [0.25, 0.3) is 5.78 Å². The fraction of sp³-hybridized carbons (Fsp3) is 0.333. The van der Waals surface area contributed by atoms with E-state index in [4.69, 9.17) is 0 Å². The number of benzene rings is 1.